The van der Waals surface area contributed by atoms with Crippen molar-refractivity contribution in [2.45, 2.75) is 18.3 Å². The molecule has 33 heavy (non-hydrogen) atoms. The van der Waals surface area contributed by atoms with Crippen molar-refractivity contribution in [1.29, 1.82) is 0 Å². The lowest BCUT2D eigenvalue weighted by Crippen LogP contribution is -2.45. The number of nitrogens with zero attached hydrogens (tertiary/aromatic N) is 3. The molecule has 0 saturated heterocycles. The van der Waals surface area contributed by atoms with Crippen LogP contribution in [-0.4, -0.2) is 25.6 Å². The van der Waals surface area contributed by atoms with Crippen molar-refractivity contribution in [3.05, 3.63) is 95.0 Å². The highest BCUT2D eigenvalue weighted by Gasteiger charge is 2.55. The van der Waals surface area contributed by atoms with E-state index in [1.54, 1.807) is 24.3 Å². The molecule has 0 saturated carbocycles. The molecule has 3 aromatic carbocycles. The molecule has 5 aromatic rings. The van der Waals surface area contributed by atoms with E-state index >= 15 is 0 Å². The Morgan fingerprint density at radius 3 is 2.36 bits per heavy atom. The lowest BCUT2D eigenvalue weighted by Gasteiger charge is -2.32. The van der Waals surface area contributed by atoms with Crippen LogP contribution in [0.15, 0.2) is 83.6 Å². The topological polar surface area (TPSA) is 43.0 Å². The van der Waals surface area contributed by atoms with E-state index in [1.807, 2.05) is 0 Å². The molecule has 1 N–H and O–H groups in total. The third-order valence-corrected chi connectivity index (χ3v) is 6.21. The third kappa shape index (κ3) is 3.71. The Labute approximate surface area is 193 Å². The Kier molecular flexibility index (Phi) is 5.06. The molecule has 5 rings (SSSR count). The molecule has 4 nitrogen and oxygen atoms in total. The number of aliphatic hydroxyl groups is 1. The predicted octanol–water partition coefficient (Wildman–Crippen LogP) is 6.33. The number of hydrogen-bond acceptors (Lipinski definition) is 2. The van der Waals surface area contributed by atoms with Gasteiger partial charge in [0.15, 0.2) is 0 Å². The van der Waals surface area contributed by atoms with Gasteiger partial charge in [-0.2, -0.15) is 18.3 Å². The summed E-state index contributed by atoms with van der Waals surface area (Å²) in [6.45, 7) is -0.714. The molecule has 1 atom stereocenters. The monoisotopic (exact) mass is 517 g/mol. The van der Waals surface area contributed by atoms with Crippen molar-refractivity contribution in [3.63, 3.8) is 0 Å². The van der Waals surface area contributed by atoms with Gasteiger partial charge >= 0.3 is 6.18 Å². The van der Waals surface area contributed by atoms with Crippen molar-refractivity contribution in [2.75, 3.05) is 0 Å². The summed E-state index contributed by atoms with van der Waals surface area (Å²) in [6, 6.07) is 16.6. The van der Waals surface area contributed by atoms with Gasteiger partial charge in [0.2, 0.25) is 5.60 Å². The van der Waals surface area contributed by atoms with E-state index in [0.29, 0.717) is 22.1 Å². The highest BCUT2D eigenvalue weighted by atomic mass is 79.9. The minimum atomic E-state index is -4.93. The van der Waals surface area contributed by atoms with E-state index in [0.717, 1.165) is 9.86 Å². The van der Waals surface area contributed by atoms with E-state index in [4.69, 9.17) is 0 Å². The smallest absolute Gasteiger partial charge is 0.375 e. The molecule has 0 amide bonds. The average molecular weight is 518 g/mol. The van der Waals surface area contributed by atoms with Gasteiger partial charge in [-0.1, -0.05) is 28.1 Å². The molecule has 2 heterocycles. The van der Waals surface area contributed by atoms with E-state index in [-0.39, 0.29) is 5.56 Å². The van der Waals surface area contributed by atoms with Crippen LogP contribution in [0.5, 0.6) is 0 Å². The Bertz CT molecular complexity index is 1470. The van der Waals surface area contributed by atoms with Crippen molar-refractivity contribution in [3.8, 4) is 5.69 Å². The largest absolute Gasteiger partial charge is 0.423 e. The minimum Gasteiger partial charge on any atom is -0.375 e. The summed E-state index contributed by atoms with van der Waals surface area (Å²) < 4.78 is 59.6. The number of hydrogen-bond donors (Lipinski definition) is 1. The highest BCUT2D eigenvalue weighted by molar-refractivity contribution is 9.10. The summed E-state index contributed by atoms with van der Waals surface area (Å²) in [5, 5.41) is 16.4. The first-order valence-corrected chi connectivity index (χ1v) is 10.7. The zero-order valence-electron chi connectivity index (χ0n) is 16.9. The van der Waals surface area contributed by atoms with Crippen molar-refractivity contribution >= 4 is 37.7 Å². The fourth-order valence-electron chi connectivity index (χ4n) is 3.96. The van der Waals surface area contributed by atoms with E-state index in [9.17, 15) is 22.7 Å². The fraction of sp³-hybridized carbons (Fsp3) is 0.125. The molecule has 0 aliphatic carbocycles. The molecular weight excluding hydrogens is 502 g/mol. The van der Waals surface area contributed by atoms with Crippen LogP contribution < -0.4 is 0 Å². The first kappa shape index (κ1) is 21.7. The molecule has 0 bridgehead atoms. The molecule has 1 unspecified atom stereocenters. The Balaban J connectivity index is 1.59. The molecule has 0 fully saturated rings. The van der Waals surface area contributed by atoms with Gasteiger partial charge in [0.25, 0.3) is 0 Å². The number of rotatable bonds is 4. The first-order chi connectivity index (χ1) is 15.7. The second-order valence-electron chi connectivity index (χ2n) is 7.81. The maximum atomic E-state index is 14.2. The second kappa shape index (κ2) is 7.71. The van der Waals surface area contributed by atoms with Gasteiger partial charge in [-0.25, -0.2) is 9.07 Å². The second-order valence-corrected chi connectivity index (χ2v) is 8.73. The standard InChI is InChI=1S/C24H16BrF4N3O/c25-18-3-1-15-9-10-31(22(15)12-18)14-23(33,24(27,28)29)17-2-8-21-16(11-17)13-30-32(21)20-6-4-19(26)5-7-20/h1-13,33H,14H2. The van der Waals surface area contributed by atoms with Gasteiger partial charge in [0.1, 0.15) is 5.82 Å². The number of aromatic nitrogens is 3. The summed E-state index contributed by atoms with van der Waals surface area (Å²) in [7, 11) is 0. The lowest BCUT2D eigenvalue weighted by atomic mass is 9.91. The third-order valence-electron chi connectivity index (χ3n) is 5.72. The van der Waals surface area contributed by atoms with Crippen LogP contribution in [0.2, 0.25) is 0 Å². The predicted molar refractivity (Wildman–Crippen MR) is 121 cm³/mol. The average Bonchev–Trinajstić information content (AvgIpc) is 3.37. The number of benzene rings is 3. The van der Waals surface area contributed by atoms with Crippen LogP contribution in [0.25, 0.3) is 27.5 Å². The van der Waals surface area contributed by atoms with E-state index in [1.165, 1.54) is 64.1 Å². The summed E-state index contributed by atoms with van der Waals surface area (Å²) >= 11 is 3.34. The zero-order chi connectivity index (χ0) is 23.4. The summed E-state index contributed by atoms with van der Waals surface area (Å²) in [6.07, 6.45) is -1.99. The molecule has 0 aliphatic heterocycles. The van der Waals surface area contributed by atoms with Crippen LogP contribution >= 0.6 is 15.9 Å². The van der Waals surface area contributed by atoms with Gasteiger partial charge in [0, 0.05) is 21.6 Å². The number of halogens is 5. The van der Waals surface area contributed by atoms with Gasteiger partial charge in [-0.15, -0.1) is 0 Å². The molecule has 2 aromatic heterocycles. The summed E-state index contributed by atoms with van der Waals surface area (Å²) in [5.41, 5.74) is -1.76. The number of fused-ring (bicyclic) bond motifs is 2. The maximum Gasteiger partial charge on any atom is 0.423 e. The normalized spacial score (nSPS) is 14.1. The Morgan fingerprint density at radius 2 is 1.64 bits per heavy atom. The van der Waals surface area contributed by atoms with Crippen molar-refractivity contribution in [1.82, 2.24) is 14.3 Å². The molecular formula is C24H16BrF4N3O. The molecule has 0 radical (unpaired) electrons. The minimum absolute atomic E-state index is 0.294. The van der Waals surface area contributed by atoms with Crippen molar-refractivity contribution < 1.29 is 22.7 Å². The number of alkyl halides is 3. The summed E-state index contributed by atoms with van der Waals surface area (Å²) in [4.78, 5) is 0. The van der Waals surface area contributed by atoms with Crippen molar-refractivity contribution in [2.24, 2.45) is 0 Å². The Morgan fingerprint density at radius 1 is 0.879 bits per heavy atom. The lowest BCUT2D eigenvalue weighted by molar-refractivity contribution is -0.271. The highest BCUT2D eigenvalue weighted by Crippen LogP contribution is 2.42. The van der Waals surface area contributed by atoms with Gasteiger partial charge in [-0.3, -0.25) is 0 Å². The molecule has 0 spiro atoms. The molecule has 168 valence electrons. The van der Waals surface area contributed by atoms with Crippen LogP contribution in [0.1, 0.15) is 5.56 Å². The first-order valence-electron chi connectivity index (χ1n) is 9.93. The quantitative estimate of drug-likeness (QED) is 0.283. The van der Waals surface area contributed by atoms with Crippen LogP contribution in [0.3, 0.4) is 0 Å². The SMILES string of the molecule is OC(Cn1ccc2ccc(Br)cc21)(c1ccc2c(cnn2-c2ccc(F)cc2)c1)C(F)(F)F. The molecule has 9 heteroatoms. The van der Waals surface area contributed by atoms with Crippen LogP contribution in [0.4, 0.5) is 17.6 Å². The van der Waals surface area contributed by atoms with Crippen LogP contribution in [-0.2, 0) is 12.1 Å². The van der Waals surface area contributed by atoms with Gasteiger partial charge < -0.3 is 9.67 Å². The maximum absolute atomic E-state index is 14.2. The van der Waals surface area contributed by atoms with Crippen LogP contribution in [0, 0.1) is 5.82 Å². The van der Waals surface area contributed by atoms with Gasteiger partial charge in [0.05, 0.1) is 23.9 Å². The summed E-state index contributed by atoms with van der Waals surface area (Å²) in [5.74, 6) is -0.405. The van der Waals surface area contributed by atoms with E-state index in [2.05, 4.69) is 21.0 Å². The Hall–Kier alpha value is -3.17. The zero-order valence-corrected chi connectivity index (χ0v) is 18.5. The molecule has 0 aliphatic rings. The van der Waals surface area contributed by atoms with Gasteiger partial charge in [-0.05, 0) is 65.5 Å². The van der Waals surface area contributed by atoms with E-state index < -0.39 is 24.1 Å². The fourth-order valence-corrected chi connectivity index (χ4v) is 4.31.